The van der Waals surface area contributed by atoms with E-state index < -0.39 is 11.8 Å². The highest BCUT2D eigenvalue weighted by molar-refractivity contribution is 7.11. The number of carbonyl (C=O) groups excluding carboxylic acids is 1. The highest BCUT2D eigenvalue weighted by Crippen LogP contribution is 2.38. The number of nitrogens with zero attached hydrogens (tertiary/aromatic N) is 2. The van der Waals surface area contributed by atoms with Crippen LogP contribution in [-0.2, 0) is 4.79 Å². The lowest BCUT2D eigenvalue weighted by Crippen LogP contribution is -2.40. The molecular weight excluding hydrogens is 501 g/mol. The molecule has 4 heterocycles. The number of nitrogens with two attached hydrogens (primary N) is 1. The number of methoxy groups -OCH3 is 1. The molecule has 4 aromatic rings. The molecule has 3 aromatic heterocycles. The number of fused-ring (bicyclic) bond motifs is 1. The van der Waals surface area contributed by atoms with Crippen LogP contribution in [0.25, 0.3) is 17.5 Å². The van der Waals surface area contributed by atoms with Crippen LogP contribution < -0.4 is 30.5 Å². The lowest BCUT2D eigenvalue weighted by Gasteiger charge is -2.24. The summed E-state index contributed by atoms with van der Waals surface area (Å²) in [6, 6.07) is 16.6. The molecule has 3 N–H and O–H groups in total. The number of hydrogen-bond acceptors (Lipinski definition) is 8. The fraction of sp³-hybridized carbons (Fsp3) is 0.0800. The molecule has 0 saturated carbocycles. The maximum atomic E-state index is 13.7. The molecule has 1 aliphatic rings. The monoisotopic (exact) mass is 518 g/mol. The van der Waals surface area contributed by atoms with Crippen LogP contribution in [0.2, 0.25) is 0 Å². The van der Waals surface area contributed by atoms with E-state index in [1.165, 1.54) is 38.6 Å². The molecule has 0 radical (unpaired) electrons. The number of hydrogen-bond donors (Lipinski definition) is 2. The van der Waals surface area contributed by atoms with Crippen molar-refractivity contribution in [1.29, 1.82) is 5.26 Å². The summed E-state index contributed by atoms with van der Waals surface area (Å²) in [7, 11) is 1.57. The molecule has 1 atom stereocenters. The van der Waals surface area contributed by atoms with E-state index in [-0.39, 0.29) is 17.0 Å². The van der Waals surface area contributed by atoms with Crippen LogP contribution in [0.5, 0.6) is 5.75 Å². The van der Waals surface area contributed by atoms with Crippen LogP contribution in [0.1, 0.15) is 15.7 Å². The number of carbonyl (C=O) groups is 1. The van der Waals surface area contributed by atoms with Gasteiger partial charge in [0.1, 0.15) is 16.2 Å². The summed E-state index contributed by atoms with van der Waals surface area (Å²) in [5, 5.41) is 16.8. The predicted molar refractivity (Wildman–Crippen MR) is 141 cm³/mol. The van der Waals surface area contributed by atoms with E-state index in [4.69, 9.17) is 10.5 Å². The van der Waals surface area contributed by atoms with E-state index in [0.717, 1.165) is 9.75 Å². The zero-order valence-corrected chi connectivity index (χ0v) is 20.8. The molecule has 0 spiro atoms. The number of nitrogens with one attached hydrogen (secondary N) is 1. The summed E-state index contributed by atoms with van der Waals surface area (Å²) >= 11 is 4.12. The van der Waals surface area contributed by atoms with Gasteiger partial charge in [0.15, 0.2) is 0 Å². The van der Waals surface area contributed by atoms with E-state index in [9.17, 15) is 14.9 Å². The van der Waals surface area contributed by atoms with Crippen LogP contribution in [0, 0.1) is 11.3 Å². The number of allylic oxidation sites excluding steroid dienone is 1. The second-order valence-corrected chi connectivity index (χ2v) is 10.5. The molecule has 0 saturated heterocycles. The highest BCUT2D eigenvalue weighted by atomic mass is 32.1. The van der Waals surface area contributed by atoms with Crippen molar-refractivity contribution in [1.82, 2.24) is 4.57 Å². The normalized spacial score (nSPS) is 15.6. The Balaban J connectivity index is 1.76. The van der Waals surface area contributed by atoms with E-state index in [0.29, 0.717) is 26.2 Å². The number of amides is 1. The fourth-order valence-corrected chi connectivity index (χ4v) is 6.62. The van der Waals surface area contributed by atoms with Gasteiger partial charge in [-0.3, -0.25) is 14.2 Å². The van der Waals surface area contributed by atoms with Crippen LogP contribution in [0.3, 0.4) is 0 Å². The quantitative estimate of drug-likeness (QED) is 0.422. The first-order chi connectivity index (χ1) is 17.0. The second kappa shape index (κ2) is 9.38. The van der Waals surface area contributed by atoms with E-state index in [1.807, 2.05) is 35.0 Å². The lowest BCUT2D eigenvalue weighted by molar-refractivity contribution is -0.111. The fourth-order valence-electron chi connectivity index (χ4n) is 3.88. The van der Waals surface area contributed by atoms with Gasteiger partial charge in [0.25, 0.3) is 11.5 Å². The Morgan fingerprint density at radius 2 is 1.91 bits per heavy atom. The average molecular weight is 519 g/mol. The van der Waals surface area contributed by atoms with Gasteiger partial charge in [-0.05, 0) is 53.2 Å². The molecule has 0 fully saturated rings. The molecule has 1 aromatic carbocycles. The standard InChI is InChI=1S/C25H18N4O3S3/c1-32-15-8-6-14(7-9-15)28-23(30)21-20(18-5-3-11-34-18)17(13-26)22(27)29-24(31)19(35-25(21)29)12-16-4-2-10-33-16/h2-12,20H,27H2,1H3,(H,28,30)/b19-12+. The number of aromatic nitrogens is 1. The van der Waals surface area contributed by atoms with Crippen molar-refractivity contribution in [3.63, 3.8) is 0 Å². The minimum Gasteiger partial charge on any atom is -0.497 e. The summed E-state index contributed by atoms with van der Waals surface area (Å²) in [5.74, 6) is -0.389. The number of thiophene rings is 2. The first-order valence-corrected chi connectivity index (χ1v) is 13.0. The Morgan fingerprint density at radius 1 is 1.17 bits per heavy atom. The SMILES string of the molecule is COc1ccc(NC(=O)C2=c3s/c(=C/c4cccs4)c(=O)n3C(N)=C(C#N)C2c2cccs2)cc1. The van der Waals surface area contributed by atoms with Gasteiger partial charge in [-0.1, -0.05) is 12.1 Å². The number of thiazole rings is 1. The summed E-state index contributed by atoms with van der Waals surface area (Å²) in [5.41, 5.74) is 7.07. The molecule has 1 amide bonds. The maximum Gasteiger partial charge on any atom is 0.274 e. The minimum absolute atomic E-state index is 0.0500. The van der Waals surface area contributed by atoms with Crippen molar-refractivity contribution in [3.8, 4) is 11.8 Å². The largest absolute Gasteiger partial charge is 0.497 e. The van der Waals surface area contributed by atoms with E-state index in [2.05, 4.69) is 11.4 Å². The van der Waals surface area contributed by atoms with Crippen molar-refractivity contribution in [2.24, 2.45) is 5.73 Å². The van der Waals surface area contributed by atoms with Crippen molar-refractivity contribution in [2.75, 3.05) is 12.4 Å². The number of benzene rings is 1. The van der Waals surface area contributed by atoms with Gasteiger partial charge in [0.2, 0.25) is 0 Å². The second-order valence-electron chi connectivity index (χ2n) is 7.53. The van der Waals surface area contributed by atoms with Crippen molar-refractivity contribution >= 4 is 63.1 Å². The Hall–Kier alpha value is -3.91. The topological polar surface area (TPSA) is 110 Å². The first-order valence-electron chi connectivity index (χ1n) is 10.4. The third kappa shape index (κ3) is 4.10. The van der Waals surface area contributed by atoms with Crippen molar-refractivity contribution in [3.05, 3.63) is 94.2 Å². The number of nitriles is 1. The summed E-state index contributed by atoms with van der Waals surface area (Å²) < 4.78 is 7.33. The van der Waals surface area contributed by atoms with Gasteiger partial charge in [0.05, 0.1) is 34.8 Å². The van der Waals surface area contributed by atoms with Gasteiger partial charge in [-0.25, -0.2) is 0 Å². The Labute approximate surface area is 212 Å². The smallest absolute Gasteiger partial charge is 0.274 e. The minimum atomic E-state index is -0.689. The Morgan fingerprint density at radius 3 is 2.54 bits per heavy atom. The highest BCUT2D eigenvalue weighted by Gasteiger charge is 2.36. The maximum absolute atomic E-state index is 13.7. The predicted octanol–water partition coefficient (Wildman–Crippen LogP) is 3.11. The molecular formula is C25H18N4O3S3. The lowest BCUT2D eigenvalue weighted by atomic mass is 9.88. The summed E-state index contributed by atoms with van der Waals surface area (Å²) in [6.45, 7) is 0. The van der Waals surface area contributed by atoms with Gasteiger partial charge in [-0.2, -0.15) is 5.26 Å². The molecule has 10 heteroatoms. The van der Waals surface area contributed by atoms with Gasteiger partial charge in [-0.15, -0.1) is 34.0 Å². The zero-order valence-electron chi connectivity index (χ0n) is 18.3. The van der Waals surface area contributed by atoms with E-state index in [1.54, 1.807) is 37.5 Å². The first kappa shape index (κ1) is 22.9. The molecule has 0 bridgehead atoms. The van der Waals surface area contributed by atoms with Crippen LogP contribution in [0.4, 0.5) is 5.69 Å². The molecule has 174 valence electrons. The summed E-state index contributed by atoms with van der Waals surface area (Å²) in [6.07, 6.45) is 1.78. The van der Waals surface area contributed by atoms with Crippen LogP contribution in [-0.4, -0.2) is 17.6 Å². The van der Waals surface area contributed by atoms with Crippen molar-refractivity contribution < 1.29 is 9.53 Å². The van der Waals surface area contributed by atoms with Gasteiger partial charge < -0.3 is 15.8 Å². The molecule has 1 aliphatic heterocycles. The number of ether oxygens (including phenoxy) is 1. The summed E-state index contributed by atoms with van der Waals surface area (Å²) in [4.78, 5) is 28.8. The van der Waals surface area contributed by atoms with E-state index >= 15 is 0 Å². The molecule has 5 rings (SSSR count). The molecule has 7 nitrogen and oxygen atoms in total. The zero-order chi connectivity index (χ0) is 24.5. The average Bonchev–Trinajstić information content (AvgIpc) is 3.62. The Bertz CT molecular complexity index is 1650. The van der Waals surface area contributed by atoms with Crippen LogP contribution in [0.15, 0.2) is 69.7 Å². The van der Waals surface area contributed by atoms with Crippen molar-refractivity contribution in [2.45, 2.75) is 5.92 Å². The third-order valence-electron chi connectivity index (χ3n) is 5.51. The molecule has 35 heavy (non-hydrogen) atoms. The third-order valence-corrected chi connectivity index (χ3v) is 8.37. The Kier molecular flexibility index (Phi) is 6.13. The van der Waals surface area contributed by atoms with Gasteiger partial charge in [0, 0.05) is 15.4 Å². The molecule has 0 aliphatic carbocycles. The number of anilines is 1. The molecule has 1 unspecified atom stereocenters. The van der Waals surface area contributed by atoms with Crippen LogP contribution >= 0.6 is 34.0 Å². The van der Waals surface area contributed by atoms with Gasteiger partial charge >= 0.3 is 0 Å². The number of rotatable bonds is 5.